The average Bonchev–Trinajstić information content (AvgIpc) is 2.42. The SMILES string of the molecule is O=C(Nc1ccc(Cl)cc1)NC1(C(=O)O)CCSCC1. The number of aliphatic carboxylic acids is 1. The van der Waals surface area contributed by atoms with Gasteiger partial charge < -0.3 is 15.7 Å². The summed E-state index contributed by atoms with van der Waals surface area (Å²) in [6.07, 6.45) is 0.863. The van der Waals surface area contributed by atoms with Gasteiger partial charge >= 0.3 is 12.0 Å². The molecule has 0 aromatic heterocycles. The van der Waals surface area contributed by atoms with Crippen LogP contribution in [0.3, 0.4) is 0 Å². The first-order valence-corrected chi connectivity index (χ1v) is 7.71. The lowest BCUT2D eigenvalue weighted by atomic mass is 9.92. The Hall–Kier alpha value is -1.40. The first kappa shape index (κ1) is 15.0. The van der Waals surface area contributed by atoms with Crippen LogP contribution in [0.25, 0.3) is 0 Å². The van der Waals surface area contributed by atoms with Crippen LogP contribution in [0.4, 0.5) is 10.5 Å². The molecule has 1 heterocycles. The molecule has 1 fully saturated rings. The first-order valence-electron chi connectivity index (χ1n) is 6.18. The van der Waals surface area contributed by atoms with Crippen molar-refractivity contribution in [2.75, 3.05) is 16.8 Å². The van der Waals surface area contributed by atoms with Crippen molar-refractivity contribution in [1.29, 1.82) is 0 Å². The molecule has 1 aromatic carbocycles. The van der Waals surface area contributed by atoms with Crippen LogP contribution in [0, 0.1) is 0 Å². The standard InChI is InChI=1S/C13H15ClN2O3S/c14-9-1-3-10(4-2-9)15-12(19)16-13(11(17)18)5-7-20-8-6-13/h1-4H,5-8H2,(H,17,18)(H2,15,16,19). The highest BCUT2D eigenvalue weighted by Crippen LogP contribution is 2.27. The molecule has 2 amide bonds. The third-order valence-corrected chi connectivity index (χ3v) is 4.45. The van der Waals surface area contributed by atoms with E-state index in [1.807, 2.05) is 0 Å². The number of nitrogens with one attached hydrogen (secondary N) is 2. The van der Waals surface area contributed by atoms with Gasteiger partial charge in [-0.25, -0.2) is 9.59 Å². The Morgan fingerprint density at radius 2 is 1.80 bits per heavy atom. The van der Waals surface area contributed by atoms with Crippen molar-refractivity contribution >= 4 is 41.1 Å². The van der Waals surface area contributed by atoms with Gasteiger partial charge in [-0.05, 0) is 48.6 Å². The van der Waals surface area contributed by atoms with E-state index < -0.39 is 17.5 Å². The van der Waals surface area contributed by atoms with Crippen LogP contribution in [0.2, 0.25) is 5.02 Å². The maximum absolute atomic E-state index is 11.9. The number of hydrogen-bond donors (Lipinski definition) is 3. The van der Waals surface area contributed by atoms with Crippen LogP contribution in [0.5, 0.6) is 0 Å². The van der Waals surface area contributed by atoms with E-state index in [-0.39, 0.29) is 0 Å². The molecule has 0 unspecified atom stereocenters. The fraction of sp³-hybridized carbons (Fsp3) is 0.385. The molecule has 5 nitrogen and oxygen atoms in total. The maximum atomic E-state index is 11.9. The Bertz CT molecular complexity index is 501. The molecule has 1 aromatic rings. The zero-order valence-corrected chi connectivity index (χ0v) is 12.3. The second kappa shape index (κ2) is 6.37. The molecule has 7 heteroatoms. The Morgan fingerprint density at radius 1 is 1.20 bits per heavy atom. The van der Waals surface area contributed by atoms with E-state index in [1.54, 1.807) is 36.0 Å². The molecule has 0 saturated carbocycles. The number of carboxylic acid groups (broad SMARTS) is 1. The van der Waals surface area contributed by atoms with Gasteiger partial charge in [-0.3, -0.25) is 0 Å². The monoisotopic (exact) mass is 314 g/mol. The van der Waals surface area contributed by atoms with Gasteiger partial charge in [-0.2, -0.15) is 11.8 Å². The largest absolute Gasteiger partial charge is 0.480 e. The van der Waals surface area contributed by atoms with Crippen molar-refractivity contribution in [1.82, 2.24) is 5.32 Å². The molecule has 2 rings (SSSR count). The number of anilines is 1. The van der Waals surface area contributed by atoms with Gasteiger partial charge in [0, 0.05) is 10.7 Å². The molecule has 108 valence electrons. The normalized spacial score (nSPS) is 17.2. The summed E-state index contributed by atoms with van der Waals surface area (Å²) in [4.78, 5) is 23.4. The number of halogens is 1. The van der Waals surface area contributed by atoms with Gasteiger partial charge in [0.05, 0.1) is 0 Å². The summed E-state index contributed by atoms with van der Waals surface area (Å²) in [5.74, 6) is 0.477. The second-order valence-corrected chi connectivity index (χ2v) is 6.25. The number of urea groups is 1. The summed E-state index contributed by atoms with van der Waals surface area (Å²) in [7, 11) is 0. The van der Waals surface area contributed by atoms with E-state index in [0.717, 1.165) is 11.5 Å². The van der Waals surface area contributed by atoms with Crippen molar-refractivity contribution in [3.05, 3.63) is 29.3 Å². The highest BCUT2D eigenvalue weighted by Gasteiger charge is 2.41. The Morgan fingerprint density at radius 3 is 2.35 bits per heavy atom. The molecule has 1 saturated heterocycles. The zero-order chi connectivity index (χ0) is 14.6. The first-order chi connectivity index (χ1) is 9.52. The Kier molecular flexibility index (Phi) is 4.77. The van der Waals surface area contributed by atoms with Crippen molar-refractivity contribution in [2.45, 2.75) is 18.4 Å². The predicted molar refractivity (Wildman–Crippen MR) is 80.5 cm³/mol. The zero-order valence-electron chi connectivity index (χ0n) is 10.7. The Labute approximate surface area is 126 Å². The third kappa shape index (κ3) is 3.58. The number of hydrogen-bond acceptors (Lipinski definition) is 3. The molecule has 1 aliphatic heterocycles. The number of carbonyl (C=O) groups excluding carboxylic acids is 1. The number of thioether (sulfide) groups is 1. The van der Waals surface area contributed by atoms with E-state index in [2.05, 4.69) is 10.6 Å². The lowest BCUT2D eigenvalue weighted by Crippen LogP contribution is -2.57. The van der Waals surface area contributed by atoms with E-state index in [1.165, 1.54) is 0 Å². The molecule has 0 aliphatic carbocycles. The minimum atomic E-state index is -1.16. The number of carboxylic acids is 1. The van der Waals surface area contributed by atoms with Crippen LogP contribution in [-0.2, 0) is 4.79 Å². The van der Waals surface area contributed by atoms with Gasteiger partial charge in [0.1, 0.15) is 5.54 Å². The average molecular weight is 315 g/mol. The molecule has 0 bridgehead atoms. The fourth-order valence-corrected chi connectivity index (χ4v) is 3.34. The minimum Gasteiger partial charge on any atom is -0.480 e. The van der Waals surface area contributed by atoms with Crippen LogP contribution < -0.4 is 10.6 Å². The van der Waals surface area contributed by atoms with Crippen molar-refractivity contribution < 1.29 is 14.7 Å². The number of rotatable bonds is 3. The van der Waals surface area contributed by atoms with Gasteiger partial charge in [0.25, 0.3) is 0 Å². The molecule has 1 aliphatic rings. The molecule has 0 radical (unpaired) electrons. The lowest BCUT2D eigenvalue weighted by Gasteiger charge is -2.33. The maximum Gasteiger partial charge on any atom is 0.329 e. The van der Waals surface area contributed by atoms with Crippen LogP contribution in [-0.4, -0.2) is 34.2 Å². The lowest BCUT2D eigenvalue weighted by molar-refractivity contribution is -0.144. The van der Waals surface area contributed by atoms with E-state index >= 15 is 0 Å². The quantitative estimate of drug-likeness (QED) is 0.801. The van der Waals surface area contributed by atoms with Crippen LogP contribution in [0.1, 0.15) is 12.8 Å². The summed E-state index contributed by atoms with van der Waals surface area (Å²) < 4.78 is 0. The van der Waals surface area contributed by atoms with Crippen molar-refractivity contribution in [3.63, 3.8) is 0 Å². The predicted octanol–water partition coefficient (Wildman–Crippen LogP) is 2.81. The van der Waals surface area contributed by atoms with Gasteiger partial charge in [0.2, 0.25) is 0 Å². The second-order valence-electron chi connectivity index (χ2n) is 4.59. The topological polar surface area (TPSA) is 78.4 Å². The molecular formula is C13H15ClN2O3S. The molecule has 0 atom stereocenters. The molecule has 3 N–H and O–H groups in total. The molecular weight excluding hydrogens is 300 g/mol. The van der Waals surface area contributed by atoms with Gasteiger partial charge in [-0.15, -0.1) is 0 Å². The summed E-state index contributed by atoms with van der Waals surface area (Å²) >= 11 is 7.46. The van der Waals surface area contributed by atoms with E-state index in [0.29, 0.717) is 23.6 Å². The van der Waals surface area contributed by atoms with Crippen LogP contribution >= 0.6 is 23.4 Å². The molecule has 0 spiro atoms. The van der Waals surface area contributed by atoms with E-state index in [4.69, 9.17) is 11.6 Å². The van der Waals surface area contributed by atoms with Gasteiger partial charge in [-0.1, -0.05) is 11.6 Å². The number of amides is 2. The highest BCUT2D eigenvalue weighted by molar-refractivity contribution is 7.99. The van der Waals surface area contributed by atoms with Crippen molar-refractivity contribution in [3.8, 4) is 0 Å². The third-order valence-electron chi connectivity index (χ3n) is 3.21. The van der Waals surface area contributed by atoms with Gasteiger partial charge in [0.15, 0.2) is 0 Å². The van der Waals surface area contributed by atoms with E-state index in [9.17, 15) is 14.7 Å². The Balaban J connectivity index is 2.01. The summed E-state index contributed by atoms with van der Waals surface area (Å²) in [6, 6.07) is 6.11. The minimum absolute atomic E-state index is 0.432. The highest BCUT2D eigenvalue weighted by atomic mass is 35.5. The van der Waals surface area contributed by atoms with Crippen LogP contribution in [0.15, 0.2) is 24.3 Å². The summed E-state index contributed by atoms with van der Waals surface area (Å²) in [6.45, 7) is 0. The number of carbonyl (C=O) groups is 2. The smallest absolute Gasteiger partial charge is 0.329 e. The molecule has 20 heavy (non-hydrogen) atoms. The summed E-state index contributed by atoms with van der Waals surface area (Å²) in [5, 5.41) is 15.2. The fourth-order valence-electron chi connectivity index (χ4n) is 2.03. The van der Waals surface area contributed by atoms with Crippen molar-refractivity contribution in [2.24, 2.45) is 0 Å². The summed E-state index contributed by atoms with van der Waals surface area (Å²) in [5.41, 5.74) is -0.598. The number of benzene rings is 1.